The molecule has 14 aromatic rings. The van der Waals surface area contributed by atoms with E-state index < -0.39 is 7.81 Å². The molecule has 21 rings (SSSR count). The Bertz CT molecular complexity index is 5850. The third-order valence-corrected chi connectivity index (χ3v) is 22.5. The molecule has 0 atom stereocenters. The van der Waals surface area contributed by atoms with E-state index in [1.54, 1.807) is 0 Å². The van der Waals surface area contributed by atoms with Crippen molar-refractivity contribution in [2.75, 3.05) is 13.2 Å². The zero-order chi connectivity index (χ0) is 82.8. The molecule has 118 heavy (non-hydrogen) atoms. The van der Waals surface area contributed by atoms with Crippen LogP contribution in [-0.4, -0.2) is 39.1 Å². The molecule has 6 heterocycles. The standard InChI is InChI=1S/C56H32N4O4.C43H56NO3.F6P/c1-3-7-37-35(5-1)51-39-17-13-31-25-43(39)53(37)44-26-32(14-18-40(44)51)62-48-22-10-30-12-24-50(60-56(30)58-48)64-34-16-20-42-46(28-34)54-38-8-4-2-6-36(38)52(42)41-19-15-33(27-45(41)54)63-49-23-11-29-9-21-47(61-31)57-55(29)59-49;1-40(2,3)34-23-30(24-35(27-34)41(4,5)6)29-44-19-17-32(18-20-44)31-13-15-38(16-14-31)46-21-22-47-39(45)33-25-36(42(7,8)9)28-37(26-33)43(10,11)12;1-7(2,3,4,5)6/h1-28,51-54H;13-20,23-28H,21-22,29H2,1-12H3;/q;+1;-1. The summed E-state index contributed by atoms with van der Waals surface area (Å²) in [6, 6.07) is 84.3. The van der Waals surface area contributed by atoms with E-state index in [-0.39, 0.29) is 64.5 Å². The maximum Gasteiger partial charge on any atom is 0.221 e. The third-order valence-electron chi connectivity index (χ3n) is 22.5. The number of ether oxygens (including phenoxy) is 6. The van der Waals surface area contributed by atoms with Gasteiger partial charge in [-0.05, 0) is 231 Å². The van der Waals surface area contributed by atoms with Crippen LogP contribution in [0, 0.1) is 0 Å². The molecule has 0 amide bonds. The van der Waals surface area contributed by atoms with Crippen LogP contribution in [0.2, 0.25) is 0 Å². The van der Waals surface area contributed by atoms with Gasteiger partial charge in [-0.3, -0.25) is 0 Å². The summed E-state index contributed by atoms with van der Waals surface area (Å²) >= 11 is 0. The van der Waals surface area contributed by atoms with Crippen LogP contribution in [0.3, 0.4) is 0 Å². The second-order valence-electron chi connectivity index (χ2n) is 35.2. The Morgan fingerprint density at radius 2 is 0.661 bits per heavy atom. The van der Waals surface area contributed by atoms with Crippen LogP contribution in [-0.2, 0) is 32.9 Å². The van der Waals surface area contributed by atoms with E-state index in [4.69, 9.17) is 48.4 Å². The van der Waals surface area contributed by atoms with Gasteiger partial charge in [0.05, 0.1) is 5.56 Å². The molecule has 19 heteroatoms. The first-order valence-corrected chi connectivity index (χ1v) is 41.6. The summed E-state index contributed by atoms with van der Waals surface area (Å²) in [6.07, 6.45) is 4.30. The zero-order valence-electron chi connectivity index (χ0n) is 67.5. The van der Waals surface area contributed by atoms with Crippen LogP contribution in [0.4, 0.5) is 25.2 Å². The topological polar surface area (TPSA) is 128 Å². The molecule has 0 unspecified atom stereocenters. The van der Waals surface area contributed by atoms with Crippen molar-refractivity contribution in [1.82, 2.24) is 19.9 Å². The van der Waals surface area contributed by atoms with Crippen molar-refractivity contribution in [1.29, 1.82) is 0 Å². The first kappa shape index (κ1) is 78.3. The van der Waals surface area contributed by atoms with Crippen LogP contribution in [0.1, 0.15) is 212 Å². The summed E-state index contributed by atoms with van der Waals surface area (Å²) in [5, 5.41) is 1.78. The van der Waals surface area contributed by atoms with Crippen molar-refractivity contribution < 1.29 is 63.0 Å². The molecular weight excluding hydrogens is 1520 g/mol. The fourth-order valence-electron chi connectivity index (χ4n) is 16.6. The SMILES string of the molecule is CC(C)(C)c1cc(C[n+]2ccc(-c3ccc(OCCOC(=O)c4cc(C(C)(C)C)cc(C(C)(C)C)c4)cc3)cc2)cc(C(C)(C)C)c1.F[P-](F)(F)(F)(F)F.c1ccc2c(c1)C1c3ccc4cc3C2c2cc(ccc21)Oc1ccc2ccc(nc2n1)Oc1ccc2c(c1)C1c3ccccc3C2c2ccc(cc21)Oc1ccc2ccc(nc2n1)O4. The van der Waals surface area contributed by atoms with Crippen molar-refractivity contribution in [3.05, 3.63) is 355 Å². The van der Waals surface area contributed by atoms with E-state index in [1.165, 1.54) is 83.5 Å². The number of hydrogen-bond acceptors (Lipinski definition) is 11. The first-order valence-electron chi connectivity index (χ1n) is 39.6. The second kappa shape index (κ2) is 28.5. The van der Waals surface area contributed by atoms with Crippen LogP contribution >= 0.6 is 7.81 Å². The van der Waals surface area contributed by atoms with E-state index in [0.29, 0.717) is 63.4 Å². The minimum absolute atomic E-state index is 0.0172. The molecule has 9 aromatic carbocycles. The van der Waals surface area contributed by atoms with E-state index in [0.717, 1.165) is 45.3 Å². The number of carbonyl (C=O) groups excluding carboxylic acids is 1. The van der Waals surface area contributed by atoms with E-state index in [2.05, 4.69) is 246 Å². The van der Waals surface area contributed by atoms with Crippen molar-refractivity contribution in [3.63, 3.8) is 0 Å². The summed E-state index contributed by atoms with van der Waals surface area (Å²) in [4.78, 5) is 32.5. The van der Waals surface area contributed by atoms with Crippen LogP contribution in [0.25, 0.3) is 33.2 Å². The normalized spacial score (nSPS) is 16.4. The van der Waals surface area contributed by atoms with E-state index >= 15 is 0 Å². The third kappa shape index (κ3) is 16.6. The molecule has 0 fully saturated rings. The molecule has 598 valence electrons. The van der Waals surface area contributed by atoms with Gasteiger partial charge >= 0.3 is 39.0 Å². The van der Waals surface area contributed by atoms with Crippen molar-refractivity contribution in [2.24, 2.45) is 0 Å². The van der Waals surface area contributed by atoms with Gasteiger partial charge < -0.3 is 28.4 Å². The number of rotatable bonds is 8. The van der Waals surface area contributed by atoms with Gasteiger partial charge in [-0.1, -0.05) is 180 Å². The van der Waals surface area contributed by atoms with Crippen LogP contribution in [0.5, 0.6) is 52.3 Å². The molecule has 1 aliphatic heterocycles. The second-order valence-corrected chi connectivity index (χ2v) is 37.1. The largest absolute Gasteiger partial charge is 0.439 e. The quantitative estimate of drug-likeness (QED) is 0.0474. The molecule has 5 aromatic heterocycles. The van der Waals surface area contributed by atoms with Gasteiger partial charge in [0, 0.05) is 76.4 Å². The van der Waals surface area contributed by atoms with Gasteiger partial charge in [0.25, 0.3) is 0 Å². The zero-order valence-corrected chi connectivity index (χ0v) is 68.4. The average Bonchev–Trinajstić information content (AvgIpc) is 0.704. The van der Waals surface area contributed by atoms with E-state index in [9.17, 15) is 30.0 Å². The van der Waals surface area contributed by atoms with E-state index in [1.807, 2.05) is 97.1 Å². The Labute approximate surface area is 681 Å². The minimum atomic E-state index is -10.7. The molecule has 0 saturated heterocycles. The Hall–Kier alpha value is -12.3. The monoisotopic (exact) mass is 1600 g/mol. The Kier molecular flexibility index (Phi) is 18.9. The maximum absolute atomic E-state index is 13.0. The summed E-state index contributed by atoms with van der Waals surface area (Å²) in [5.74, 6) is 5.21. The van der Waals surface area contributed by atoms with Crippen LogP contribution in [0.15, 0.2) is 255 Å². The summed E-state index contributed by atoms with van der Waals surface area (Å²) in [5.41, 5.74) is 25.5. The minimum Gasteiger partial charge on any atom is -0.439 e. The number of carbonyl (C=O) groups is 1. The van der Waals surface area contributed by atoms with Gasteiger partial charge in [-0.15, -0.1) is 0 Å². The molecule has 7 aliphatic rings. The predicted octanol–water partition coefficient (Wildman–Crippen LogP) is 26.5. The fraction of sp³-hybridized carbons (Fsp3) is 0.232. The number of nitrogens with zero attached hydrogens (tertiary/aromatic N) is 5. The maximum atomic E-state index is 13.0. The smallest absolute Gasteiger partial charge is 0.221 e. The van der Waals surface area contributed by atoms with Gasteiger partial charge in [0.15, 0.2) is 30.2 Å². The molecule has 0 N–H and O–H groups in total. The summed E-state index contributed by atoms with van der Waals surface area (Å²) in [7, 11) is -10.7. The Balaban J connectivity index is 0.000000164. The van der Waals surface area contributed by atoms with Crippen molar-refractivity contribution in [3.8, 4) is 63.4 Å². The van der Waals surface area contributed by atoms with Gasteiger partial charge in [0.2, 0.25) is 23.5 Å². The number of aromatic nitrogens is 5. The first-order chi connectivity index (χ1) is 55.8. The number of esters is 1. The predicted molar refractivity (Wildman–Crippen MR) is 450 cm³/mol. The Morgan fingerprint density at radius 3 is 0.992 bits per heavy atom. The molecule has 0 spiro atoms. The van der Waals surface area contributed by atoms with Gasteiger partial charge in [-0.25, -0.2) is 9.36 Å². The molecule has 12 nitrogen and oxygen atoms in total. The molecular formula is C99H88F6N5O7P. The fourth-order valence-corrected chi connectivity index (χ4v) is 16.6. The number of hydrogen-bond donors (Lipinski definition) is 0. The molecule has 0 radical (unpaired) electrons. The van der Waals surface area contributed by atoms with Crippen LogP contribution < -0.4 is 28.3 Å². The van der Waals surface area contributed by atoms with Gasteiger partial charge in [-0.2, -0.15) is 19.9 Å². The Morgan fingerprint density at radius 1 is 0.356 bits per heavy atom. The number of benzene rings is 9. The molecule has 0 saturated carbocycles. The van der Waals surface area contributed by atoms with Crippen molar-refractivity contribution in [2.45, 2.75) is 135 Å². The van der Waals surface area contributed by atoms with Crippen molar-refractivity contribution >= 4 is 35.8 Å². The number of halogens is 6. The average molecular weight is 1600 g/mol. The number of fused-ring (bicyclic) bond motifs is 8. The van der Waals surface area contributed by atoms with Gasteiger partial charge in [0.1, 0.15) is 42.0 Å². The number of pyridine rings is 5. The summed E-state index contributed by atoms with van der Waals surface area (Å²) < 4.78 is 99.2. The summed E-state index contributed by atoms with van der Waals surface area (Å²) in [6.45, 7) is 27.9. The molecule has 18 bridgehead atoms. The molecule has 6 aliphatic carbocycles.